The first kappa shape index (κ1) is 15.0. The molecule has 0 saturated heterocycles. The van der Waals surface area contributed by atoms with Crippen LogP contribution >= 0.6 is 0 Å². The van der Waals surface area contributed by atoms with Gasteiger partial charge in [-0.05, 0) is 18.1 Å². The summed E-state index contributed by atoms with van der Waals surface area (Å²) in [6, 6.07) is 2.26. The molecule has 0 atom stereocenters. The lowest BCUT2D eigenvalue weighted by Gasteiger charge is -2.10. The standard InChI is InChI=1S/C14H18O5/c1-2-3-4-5-11(16)14-9(7-13(18)19)6-10(15)8-12(14)17/h6,8,15,17H,2-5,7H2,1H3,(H,18,19). The first-order valence-electron chi connectivity index (χ1n) is 6.25. The molecule has 0 radical (unpaired) electrons. The molecule has 0 fully saturated rings. The molecule has 0 heterocycles. The summed E-state index contributed by atoms with van der Waals surface area (Å²) in [5.74, 6) is -2.02. The number of unbranched alkanes of at least 4 members (excludes halogenated alkanes) is 2. The number of ketones is 1. The number of Topliss-reactive ketones (excluding diaryl/α,β-unsaturated/α-hetero) is 1. The number of rotatable bonds is 7. The van der Waals surface area contributed by atoms with Crippen molar-refractivity contribution in [3.8, 4) is 11.5 Å². The molecule has 0 bridgehead atoms. The number of carboxylic acids is 1. The number of phenolic OH excluding ortho intramolecular Hbond substituents is 2. The molecule has 0 aliphatic rings. The molecule has 0 unspecified atom stereocenters. The Hall–Kier alpha value is -2.04. The van der Waals surface area contributed by atoms with Gasteiger partial charge in [0.15, 0.2) is 5.78 Å². The van der Waals surface area contributed by atoms with Gasteiger partial charge in [0, 0.05) is 12.5 Å². The van der Waals surface area contributed by atoms with Crippen molar-refractivity contribution in [2.75, 3.05) is 0 Å². The van der Waals surface area contributed by atoms with Gasteiger partial charge in [0.2, 0.25) is 0 Å². The van der Waals surface area contributed by atoms with Gasteiger partial charge in [-0.1, -0.05) is 19.8 Å². The van der Waals surface area contributed by atoms with Gasteiger partial charge in [0.1, 0.15) is 11.5 Å². The number of carboxylic acid groups (broad SMARTS) is 1. The fraction of sp³-hybridized carbons (Fsp3) is 0.429. The SMILES string of the molecule is CCCCCC(=O)c1c(O)cc(O)cc1CC(=O)O. The minimum atomic E-state index is -1.12. The van der Waals surface area contributed by atoms with Crippen LogP contribution in [0.2, 0.25) is 0 Å². The third kappa shape index (κ3) is 4.28. The maximum atomic E-state index is 12.0. The summed E-state index contributed by atoms with van der Waals surface area (Å²) in [7, 11) is 0. The second-order valence-electron chi connectivity index (χ2n) is 4.45. The Morgan fingerprint density at radius 3 is 2.42 bits per heavy atom. The van der Waals surface area contributed by atoms with Crippen molar-refractivity contribution in [1.82, 2.24) is 0 Å². The Morgan fingerprint density at radius 1 is 1.16 bits per heavy atom. The average Bonchev–Trinajstić information content (AvgIpc) is 2.27. The molecular weight excluding hydrogens is 248 g/mol. The van der Waals surface area contributed by atoms with Gasteiger partial charge in [-0.25, -0.2) is 0 Å². The number of aliphatic carboxylic acids is 1. The highest BCUT2D eigenvalue weighted by molar-refractivity contribution is 6.01. The van der Waals surface area contributed by atoms with Crippen molar-refractivity contribution >= 4 is 11.8 Å². The number of hydrogen-bond acceptors (Lipinski definition) is 4. The lowest BCUT2D eigenvalue weighted by Crippen LogP contribution is -2.09. The van der Waals surface area contributed by atoms with Crippen LogP contribution in [0.4, 0.5) is 0 Å². The van der Waals surface area contributed by atoms with Crippen LogP contribution in [0.15, 0.2) is 12.1 Å². The van der Waals surface area contributed by atoms with Gasteiger partial charge < -0.3 is 15.3 Å². The van der Waals surface area contributed by atoms with Gasteiger partial charge >= 0.3 is 5.97 Å². The molecule has 104 valence electrons. The fourth-order valence-electron chi connectivity index (χ4n) is 1.95. The predicted molar refractivity (Wildman–Crippen MR) is 69.6 cm³/mol. The molecular formula is C14H18O5. The van der Waals surface area contributed by atoms with Crippen molar-refractivity contribution in [3.63, 3.8) is 0 Å². The molecule has 19 heavy (non-hydrogen) atoms. The van der Waals surface area contributed by atoms with Crippen LogP contribution in [0.5, 0.6) is 11.5 Å². The average molecular weight is 266 g/mol. The van der Waals surface area contributed by atoms with Gasteiger partial charge in [0.05, 0.1) is 12.0 Å². The number of hydrogen-bond donors (Lipinski definition) is 3. The molecule has 0 aliphatic heterocycles. The van der Waals surface area contributed by atoms with E-state index in [1.807, 2.05) is 6.92 Å². The second-order valence-corrected chi connectivity index (χ2v) is 4.45. The highest BCUT2D eigenvalue weighted by Gasteiger charge is 2.19. The molecule has 3 N–H and O–H groups in total. The van der Waals surface area contributed by atoms with Gasteiger partial charge in [-0.2, -0.15) is 0 Å². The van der Waals surface area contributed by atoms with E-state index in [9.17, 15) is 19.8 Å². The molecule has 1 aromatic rings. The number of carbonyl (C=O) groups is 2. The molecule has 0 aliphatic carbocycles. The highest BCUT2D eigenvalue weighted by Crippen LogP contribution is 2.29. The topological polar surface area (TPSA) is 94.8 Å². The zero-order valence-corrected chi connectivity index (χ0v) is 10.8. The van der Waals surface area contributed by atoms with E-state index in [1.54, 1.807) is 0 Å². The second kappa shape index (κ2) is 6.78. The van der Waals surface area contributed by atoms with Crippen molar-refractivity contribution in [2.24, 2.45) is 0 Å². The molecule has 0 spiro atoms. The summed E-state index contributed by atoms with van der Waals surface area (Å²) in [5.41, 5.74) is 0.155. The van der Waals surface area contributed by atoms with Crippen molar-refractivity contribution < 1.29 is 24.9 Å². The van der Waals surface area contributed by atoms with Crippen LogP contribution in [0.1, 0.15) is 48.5 Å². The van der Waals surface area contributed by atoms with Gasteiger partial charge in [-0.3, -0.25) is 9.59 Å². The number of carbonyl (C=O) groups excluding carboxylic acids is 1. The monoisotopic (exact) mass is 266 g/mol. The Labute approximate surface area is 111 Å². The van der Waals surface area contributed by atoms with E-state index < -0.39 is 12.4 Å². The Balaban J connectivity index is 3.02. The van der Waals surface area contributed by atoms with E-state index in [0.29, 0.717) is 6.42 Å². The maximum Gasteiger partial charge on any atom is 0.307 e. The Kier molecular flexibility index (Phi) is 5.36. The number of phenols is 2. The van der Waals surface area contributed by atoms with Crippen molar-refractivity contribution in [3.05, 3.63) is 23.3 Å². The maximum absolute atomic E-state index is 12.0. The van der Waals surface area contributed by atoms with Crippen molar-refractivity contribution in [1.29, 1.82) is 0 Å². The highest BCUT2D eigenvalue weighted by atomic mass is 16.4. The largest absolute Gasteiger partial charge is 0.508 e. The minimum absolute atomic E-state index is 0.0105. The smallest absolute Gasteiger partial charge is 0.307 e. The fourth-order valence-corrected chi connectivity index (χ4v) is 1.95. The zero-order chi connectivity index (χ0) is 14.4. The third-order valence-corrected chi connectivity index (χ3v) is 2.81. The van der Waals surface area contributed by atoms with Crippen molar-refractivity contribution in [2.45, 2.75) is 39.0 Å². The van der Waals surface area contributed by atoms with Crippen LogP contribution in [0, 0.1) is 0 Å². The van der Waals surface area contributed by atoms with E-state index in [1.165, 1.54) is 6.07 Å². The van der Waals surface area contributed by atoms with E-state index in [4.69, 9.17) is 5.11 Å². The summed E-state index contributed by atoms with van der Waals surface area (Å²) in [6.45, 7) is 2.01. The normalized spacial score (nSPS) is 10.4. The van der Waals surface area contributed by atoms with E-state index in [-0.39, 0.29) is 34.8 Å². The summed E-state index contributed by atoms with van der Waals surface area (Å²) < 4.78 is 0. The summed E-state index contributed by atoms with van der Waals surface area (Å²) in [4.78, 5) is 22.8. The predicted octanol–water partition coefficient (Wildman–Crippen LogP) is 2.49. The molecule has 5 nitrogen and oxygen atoms in total. The van der Waals surface area contributed by atoms with Gasteiger partial charge in [0.25, 0.3) is 0 Å². The molecule has 5 heteroatoms. The van der Waals surface area contributed by atoms with E-state index >= 15 is 0 Å². The lowest BCUT2D eigenvalue weighted by atomic mass is 9.96. The first-order valence-corrected chi connectivity index (χ1v) is 6.25. The Morgan fingerprint density at radius 2 is 1.84 bits per heavy atom. The number of benzene rings is 1. The summed E-state index contributed by atoms with van der Waals surface area (Å²) in [5, 5.41) is 27.9. The van der Waals surface area contributed by atoms with Crippen LogP contribution in [-0.2, 0) is 11.2 Å². The lowest BCUT2D eigenvalue weighted by molar-refractivity contribution is -0.136. The van der Waals surface area contributed by atoms with Crippen LogP contribution in [0.3, 0.4) is 0 Å². The molecule has 1 aromatic carbocycles. The van der Waals surface area contributed by atoms with E-state index in [2.05, 4.69) is 0 Å². The quantitative estimate of drug-likeness (QED) is 0.520. The molecule has 0 amide bonds. The van der Waals surface area contributed by atoms with Gasteiger partial charge in [-0.15, -0.1) is 0 Å². The number of aromatic hydroxyl groups is 2. The minimum Gasteiger partial charge on any atom is -0.508 e. The summed E-state index contributed by atoms with van der Waals surface area (Å²) >= 11 is 0. The summed E-state index contributed by atoms with van der Waals surface area (Å²) in [6.07, 6.45) is 2.42. The van der Waals surface area contributed by atoms with E-state index in [0.717, 1.165) is 18.9 Å². The molecule has 0 saturated carbocycles. The third-order valence-electron chi connectivity index (χ3n) is 2.81. The van der Waals surface area contributed by atoms with Crippen LogP contribution in [-0.4, -0.2) is 27.1 Å². The Bertz CT molecular complexity index is 479. The van der Waals surface area contributed by atoms with Crippen LogP contribution < -0.4 is 0 Å². The molecule has 1 rings (SSSR count). The zero-order valence-electron chi connectivity index (χ0n) is 10.8. The molecule has 0 aromatic heterocycles. The first-order chi connectivity index (χ1) is 8.95. The van der Waals surface area contributed by atoms with Crippen LogP contribution in [0.25, 0.3) is 0 Å².